The fourth-order valence-electron chi connectivity index (χ4n) is 2.91. The minimum Gasteiger partial charge on any atom is -0.493 e. The summed E-state index contributed by atoms with van der Waals surface area (Å²) >= 11 is 0. The molecule has 0 saturated carbocycles. The largest absolute Gasteiger partial charge is 0.493 e. The maximum absolute atomic E-state index is 12.8. The van der Waals surface area contributed by atoms with E-state index in [0.29, 0.717) is 29.7 Å². The fraction of sp³-hybridized carbons (Fsp3) is 0.150. The highest BCUT2D eigenvalue weighted by molar-refractivity contribution is 6.05. The average Bonchev–Trinajstić information content (AvgIpc) is 3.25. The number of ether oxygens (including phenoxy) is 1. The van der Waals surface area contributed by atoms with Crippen LogP contribution in [-0.2, 0) is 0 Å². The molecule has 0 fully saturated rings. The molecular weight excluding hydrogens is 342 g/mol. The molecule has 2 aromatic heterocycles. The van der Waals surface area contributed by atoms with Gasteiger partial charge in [-0.25, -0.2) is 4.98 Å². The van der Waals surface area contributed by atoms with E-state index in [4.69, 9.17) is 4.74 Å². The topological polar surface area (TPSA) is 84.8 Å². The Balaban J connectivity index is 1.68. The van der Waals surface area contributed by atoms with Crippen LogP contribution in [-0.4, -0.2) is 32.3 Å². The van der Waals surface area contributed by atoms with Crippen LogP contribution in [0.15, 0.2) is 54.6 Å². The van der Waals surface area contributed by atoms with E-state index >= 15 is 0 Å². The van der Waals surface area contributed by atoms with Crippen LogP contribution in [0.5, 0.6) is 5.75 Å². The summed E-state index contributed by atoms with van der Waals surface area (Å²) in [6.45, 7) is 4.23. The molecule has 0 radical (unpaired) electrons. The van der Waals surface area contributed by atoms with Crippen LogP contribution in [0, 0.1) is 6.92 Å². The number of anilines is 1. The second-order valence-corrected chi connectivity index (χ2v) is 6.04. The Bertz CT molecular complexity index is 1080. The summed E-state index contributed by atoms with van der Waals surface area (Å²) in [6, 6.07) is 16.7. The SMILES string of the molecule is CCOc1ccccc1C(=O)Nc1cc(C)nn1-c1nc2ccccc2[nH]1. The zero-order chi connectivity index (χ0) is 18.8. The lowest BCUT2D eigenvalue weighted by atomic mass is 10.2. The highest BCUT2D eigenvalue weighted by atomic mass is 16.5. The maximum Gasteiger partial charge on any atom is 0.260 e. The number of hydrogen-bond acceptors (Lipinski definition) is 4. The first-order chi connectivity index (χ1) is 13.2. The standard InChI is InChI=1S/C20H19N5O2/c1-3-27-17-11-7-4-8-14(17)19(26)23-18-12-13(2)24-25(18)20-21-15-9-5-6-10-16(15)22-20/h4-12H,3H2,1-2H3,(H,21,22)(H,23,26). The Morgan fingerprint density at radius 2 is 1.96 bits per heavy atom. The first-order valence-electron chi connectivity index (χ1n) is 8.70. The molecule has 0 unspecified atom stereocenters. The predicted molar refractivity (Wildman–Crippen MR) is 104 cm³/mol. The van der Waals surface area contributed by atoms with Crippen molar-refractivity contribution < 1.29 is 9.53 Å². The van der Waals surface area contributed by atoms with Crippen molar-refractivity contribution in [2.75, 3.05) is 11.9 Å². The van der Waals surface area contributed by atoms with Gasteiger partial charge in [0, 0.05) is 6.07 Å². The molecule has 136 valence electrons. The number of carbonyl (C=O) groups is 1. The zero-order valence-electron chi connectivity index (χ0n) is 15.1. The van der Waals surface area contributed by atoms with E-state index in [-0.39, 0.29) is 5.91 Å². The number of carbonyl (C=O) groups excluding carboxylic acids is 1. The molecule has 0 atom stereocenters. The molecule has 0 aliphatic carbocycles. The van der Waals surface area contributed by atoms with Crippen molar-refractivity contribution >= 4 is 22.8 Å². The fourth-order valence-corrected chi connectivity index (χ4v) is 2.91. The van der Waals surface area contributed by atoms with E-state index in [9.17, 15) is 4.79 Å². The molecule has 0 aliphatic heterocycles. The van der Waals surface area contributed by atoms with Gasteiger partial charge in [-0.1, -0.05) is 24.3 Å². The molecule has 2 aromatic carbocycles. The lowest BCUT2D eigenvalue weighted by molar-refractivity contribution is 0.102. The number of benzene rings is 2. The molecule has 27 heavy (non-hydrogen) atoms. The van der Waals surface area contributed by atoms with Gasteiger partial charge in [-0.05, 0) is 38.1 Å². The van der Waals surface area contributed by atoms with Gasteiger partial charge in [-0.15, -0.1) is 0 Å². The monoisotopic (exact) mass is 361 g/mol. The van der Waals surface area contributed by atoms with Gasteiger partial charge in [0.1, 0.15) is 11.6 Å². The summed E-state index contributed by atoms with van der Waals surface area (Å²) in [7, 11) is 0. The number of rotatable bonds is 5. The van der Waals surface area contributed by atoms with Gasteiger partial charge in [0.2, 0.25) is 5.95 Å². The summed E-state index contributed by atoms with van der Waals surface area (Å²) < 4.78 is 7.15. The molecule has 1 amide bonds. The van der Waals surface area contributed by atoms with Crippen LogP contribution in [0.3, 0.4) is 0 Å². The quantitative estimate of drug-likeness (QED) is 0.567. The van der Waals surface area contributed by atoms with Gasteiger partial charge in [0.25, 0.3) is 5.91 Å². The van der Waals surface area contributed by atoms with E-state index < -0.39 is 0 Å². The van der Waals surface area contributed by atoms with Crippen molar-refractivity contribution in [1.29, 1.82) is 0 Å². The Hall–Kier alpha value is -3.61. The summed E-state index contributed by atoms with van der Waals surface area (Å²) in [5, 5.41) is 7.37. The average molecular weight is 361 g/mol. The number of hydrogen-bond donors (Lipinski definition) is 2. The third-order valence-corrected chi connectivity index (χ3v) is 4.08. The Kier molecular flexibility index (Phi) is 4.33. The first-order valence-corrected chi connectivity index (χ1v) is 8.70. The summed E-state index contributed by atoms with van der Waals surface area (Å²) in [5.74, 6) is 1.35. The lowest BCUT2D eigenvalue weighted by Crippen LogP contribution is -2.16. The van der Waals surface area contributed by atoms with Gasteiger partial charge in [0.05, 0.1) is 28.9 Å². The van der Waals surface area contributed by atoms with Crippen molar-refractivity contribution in [2.24, 2.45) is 0 Å². The van der Waals surface area contributed by atoms with Crippen molar-refractivity contribution in [3.8, 4) is 11.7 Å². The minimum absolute atomic E-state index is 0.267. The molecule has 2 N–H and O–H groups in total. The summed E-state index contributed by atoms with van der Waals surface area (Å²) in [5.41, 5.74) is 2.97. The molecule has 4 aromatic rings. The molecule has 2 heterocycles. The van der Waals surface area contributed by atoms with Gasteiger partial charge in [0.15, 0.2) is 0 Å². The molecule has 4 rings (SSSR count). The number of aromatic nitrogens is 4. The number of para-hydroxylation sites is 3. The number of aryl methyl sites for hydroxylation is 1. The van der Waals surface area contributed by atoms with Crippen molar-refractivity contribution in [3.63, 3.8) is 0 Å². The molecule has 0 saturated heterocycles. The highest BCUT2D eigenvalue weighted by Gasteiger charge is 2.17. The van der Waals surface area contributed by atoms with E-state index in [0.717, 1.165) is 16.7 Å². The van der Waals surface area contributed by atoms with Crippen LogP contribution in [0.25, 0.3) is 17.0 Å². The van der Waals surface area contributed by atoms with E-state index in [1.54, 1.807) is 28.9 Å². The molecule has 7 nitrogen and oxygen atoms in total. The van der Waals surface area contributed by atoms with Crippen molar-refractivity contribution in [3.05, 3.63) is 65.9 Å². The summed E-state index contributed by atoms with van der Waals surface area (Å²) in [6.07, 6.45) is 0. The normalized spacial score (nSPS) is 10.9. The third-order valence-electron chi connectivity index (χ3n) is 4.08. The van der Waals surface area contributed by atoms with Gasteiger partial charge >= 0.3 is 0 Å². The van der Waals surface area contributed by atoms with Crippen LogP contribution in [0.4, 0.5) is 5.82 Å². The first kappa shape index (κ1) is 16.8. The third kappa shape index (κ3) is 3.27. The van der Waals surface area contributed by atoms with Crippen molar-refractivity contribution in [2.45, 2.75) is 13.8 Å². The molecule has 0 bridgehead atoms. The van der Waals surface area contributed by atoms with Gasteiger partial charge in [-0.3, -0.25) is 4.79 Å². The number of H-pyrrole nitrogens is 1. The van der Waals surface area contributed by atoms with E-state index in [1.807, 2.05) is 44.2 Å². The molecule has 0 spiro atoms. The summed E-state index contributed by atoms with van der Waals surface area (Å²) in [4.78, 5) is 20.6. The molecule has 0 aliphatic rings. The lowest BCUT2D eigenvalue weighted by Gasteiger charge is -2.10. The van der Waals surface area contributed by atoms with Crippen LogP contribution < -0.4 is 10.1 Å². The Morgan fingerprint density at radius 1 is 1.19 bits per heavy atom. The second kappa shape index (κ2) is 6.95. The molecule has 7 heteroatoms. The van der Waals surface area contributed by atoms with Crippen LogP contribution in [0.1, 0.15) is 23.0 Å². The second-order valence-electron chi connectivity index (χ2n) is 6.04. The van der Waals surface area contributed by atoms with Crippen molar-refractivity contribution in [1.82, 2.24) is 19.7 Å². The number of nitrogens with zero attached hydrogens (tertiary/aromatic N) is 3. The minimum atomic E-state index is -0.267. The van der Waals surface area contributed by atoms with E-state index in [1.165, 1.54) is 0 Å². The number of fused-ring (bicyclic) bond motifs is 1. The number of imidazole rings is 1. The van der Waals surface area contributed by atoms with Gasteiger partial charge < -0.3 is 15.0 Å². The Labute approximate surface area is 156 Å². The number of amides is 1. The predicted octanol–water partition coefficient (Wildman–Crippen LogP) is 3.71. The zero-order valence-corrected chi connectivity index (χ0v) is 15.1. The number of aromatic amines is 1. The van der Waals surface area contributed by atoms with Gasteiger partial charge in [-0.2, -0.15) is 9.78 Å². The maximum atomic E-state index is 12.8. The Morgan fingerprint density at radius 3 is 2.78 bits per heavy atom. The van der Waals surface area contributed by atoms with Crippen LogP contribution >= 0.6 is 0 Å². The molecular formula is C20H19N5O2. The number of nitrogens with one attached hydrogen (secondary N) is 2. The van der Waals surface area contributed by atoms with E-state index in [2.05, 4.69) is 20.4 Å². The highest BCUT2D eigenvalue weighted by Crippen LogP contribution is 2.22. The van der Waals surface area contributed by atoms with Crippen LogP contribution in [0.2, 0.25) is 0 Å². The smallest absolute Gasteiger partial charge is 0.260 e.